The lowest BCUT2D eigenvalue weighted by molar-refractivity contribution is 0.0723. The zero-order valence-electron chi connectivity index (χ0n) is 7.95. The molecule has 2 bridgehead atoms. The van der Waals surface area contributed by atoms with Gasteiger partial charge in [0.2, 0.25) is 0 Å². The van der Waals surface area contributed by atoms with Crippen LogP contribution in [0.5, 0.6) is 0 Å². The number of hydrogen-bond acceptors (Lipinski definition) is 3. The number of aliphatic hydroxyl groups is 1. The summed E-state index contributed by atoms with van der Waals surface area (Å²) >= 11 is 0. The average molecular weight is 182 g/mol. The molecule has 74 valence electrons. The first kappa shape index (κ1) is 8.21. The average Bonchev–Trinajstić information content (AvgIpc) is 2.78. The van der Waals surface area contributed by atoms with Crippen molar-refractivity contribution in [3.05, 3.63) is 0 Å². The summed E-state index contributed by atoms with van der Waals surface area (Å²) in [4.78, 5) is 2.60. The Morgan fingerprint density at radius 1 is 1.00 bits per heavy atom. The van der Waals surface area contributed by atoms with Crippen LogP contribution in [-0.4, -0.2) is 47.3 Å². The third kappa shape index (κ3) is 1.14. The van der Waals surface area contributed by atoms with E-state index in [9.17, 15) is 5.11 Å². The van der Waals surface area contributed by atoms with E-state index >= 15 is 0 Å². The van der Waals surface area contributed by atoms with Crippen molar-refractivity contribution >= 4 is 0 Å². The molecule has 0 saturated carbocycles. The number of fused-ring (bicyclic) bond motifs is 2. The van der Waals surface area contributed by atoms with E-state index < -0.39 is 0 Å². The summed E-state index contributed by atoms with van der Waals surface area (Å²) in [7, 11) is 0. The highest BCUT2D eigenvalue weighted by Crippen LogP contribution is 2.39. The summed E-state index contributed by atoms with van der Waals surface area (Å²) in [6.07, 6.45) is 5.35. The van der Waals surface area contributed by atoms with Crippen LogP contribution in [-0.2, 0) is 0 Å². The molecule has 3 aliphatic rings. The maximum absolute atomic E-state index is 9.81. The zero-order chi connectivity index (χ0) is 8.84. The molecule has 3 fully saturated rings. The Balaban J connectivity index is 1.77. The summed E-state index contributed by atoms with van der Waals surface area (Å²) in [5.41, 5.74) is 0. The standard InChI is InChI=1S/C10H18N2O/c13-10-6-11-5-9(10)12-7-1-2-8(12)4-3-7/h7-11,13H,1-6H2. The second-order valence-electron chi connectivity index (χ2n) is 4.70. The maximum atomic E-state index is 9.81. The normalized spacial score (nSPS) is 50.5. The summed E-state index contributed by atoms with van der Waals surface area (Å²) in [6, 6.07) is 2.01. The second kappa shape index (κ2) is 2.94. The van der Waals surface area contributed by atoms with Crippen LogP contribution >= 0.6 is 0 Å². The van der Waals surface area contributed by atoms with Gasteiger partial charge in [-0.1, -0.05) is 0 Å². The summed E-state index contributed by atoms with van der Waals surface area (Å²) < 4.78 is 0. The van der Waals surface area contributed by atoms with Gasteiger partial charge in [0.1, 0.15) is 0 Å². The van der Waals surface area contributed by atoms with Crippen molar-refractivity contribution in [2.75, 3.05) is 13.1 Å². The van der Waals surface area contributed by atoms with E-state index in [0.29, 0.717) is 6.04 Å². The number of aliphatic hydroxyl groups excluding tert-OH is 1. The molecule has 2 unspecified atom stereocenters. The van der Waals surface area contributed by atoms with Gasteiger partial charge in [-0.05, 0) is 25.7 Å². The van der Waals surface area contributed by atoms with Crippen molar-refractivity contribution in [1.82, 2.24) is 10.2 Å². The predicted octanol–water partition coefficient (Wildman–Crippen LogP) is -0.0541. The van der Waals surface area contributed by atoms with Gasteiger partial charge in [-0.25, -0.2) is 0 Å². The number of nitrogens with one attached hydrogen (secondary N) is 1. The van der Waals surface area contributed by atoms with Crippen LogP contribution in [0.3, 0.4) is 0 Å². The SMILES string of the molecule is OC1CNCC1N1C2CCC1CC2. The van der Waals surface area contributed by atoms with E-state index in [2.05, 4.69) is 10.2 Å². The van der Waals surface area contributed by atoms with Crippen molar-refractivity contribution in [1.29, 1.82) is 0 Å². The van der Waals surface area contributed by atoms with Crippen molar-refractivity contribution < 1.29 is 5.11 Å². The van der Waals surface area contributed by atoms with Crippen LogP contribution in [0.15, 0.2) is 0 Å². The lowest BCUT2D eigenvalue weighted by atomic mass is 10.0. The lowest BCUT2D eigenvalue weighted by Crippen LogP contribution is -2.45. The Labute approximate surface area is 79.1 Å². The number of rotatable bonds is 1. The van der Waals surface area contributed by atoms with E-state index in [-0.39, 0.29) is 6.10 Å². The third-order valence-electron chi connectivity index (χ3n) is 4.04. The van der Waals surface area contributed by atoms with Crippen LogP contribution in [0.25, 0.3) is 0 Å². The van der Waals surface area contributed by atoms with Gasteiger partial charge in [0.15, 0.2) is 0 Å². The number of β-amino-alcohol motifs (C(OH)–C–C–N with tert-alkyl or cyclic N) is 1. The number of hydrogen-bond donors (Lipinski definition) is 2. The molecule has 3 heterocycles. The highest BCUT2D eigenvalue weighted by atomic mass is 16.3. The topological polar surface area (TPSA) is 35.5 Å². The van der Waals surface area contributed by atoms with Crippen molar-refractivity contribution in [3.63, 3.8) is 0 Å². The van der Waals surface area contributed by atoms with Crippen LogP contribution in [0, 0.1) is 0 Å². The quantitative estimate of drug-likeness (QED) is 0.596. The molecular weight excluding hydrogens is 164 g/mol. The zero-order valence-corrected chi connectivity index (χ0v) is 7.95. The second-order valence-corrected chi connectivity index (χ2v) is 4.70. The molecule has 3 rings (SSSR count). The van der Waals surface area contributed by atoms with E-state index in [0.717, 1.165) is 25.2 Å². The van der Waals surface area contributed by atoms with E-state index in [1.165, 1.54) is 25.7 Å². The van der Waals surface area contributed by atoms with E-state index in [4.69, 9.17) is 0 Å². The van der Waals surface area contributed by atoms with E-state index in [1.54, 1.807) is 0 Å². The molecule has 0 amide bonds. The third-order valence-corrected chi connectivity index (χ3v) is 4.04. The minimum atomic E-state index is -0.124. The van der Waals surface area contributed by atoms with Crippen molar-refractivity contribution in [2.45, 2.75) is 49.9 Å². The minimum Gasteiger partial charge on any atom is -0.390 e. The first-order chi connectivity index (χ1) is 6.36. The molecule has 0 aromatic carbocycles. The van der Waals surface area contributed by atoms with Gasteiger partial charge in [-0.15, -0.1) is 0 Å². The molecule has 3 nitrogen and oxygen atoms in total. The molecule has 2 N–H and O–H groups in total. The van der Waals surface area contributed by atoms with Gasteiger partial charge in [0.25, 0.3) is 0 Å². The monoisotopic (exact) mass is 182 g/mol. The highest BCUT2D eigenvalue weighted by Gasteiger charge is 2.45. The molecular formula is C10H18N2O. The fourth-order valence-electron chi connectivity index (χ4n) is 3.45. The van der Waals surface area contributed by atoms with Crippen LogP contribution in [0.2, 0.25) is 0 Å². The summed E-state index contributed by atoms with van der Waals surface area (Å²) in [5.74, 6) is 0. The molecule has 0 aromatic rings. The number of nitrogens with zero attached hydrogens (tertiary/aromatic N) is 1. The Morgan fingerprint density at radius 3 is 2.08 bits per heavy atom. The fraction of sp³-hybridized carbons (Fsp3) is 1.00. The van der Waals surface area contributed by atoms with Gasteiger partial charge in [-0.2, -0.15) is 0 Å². The molecule has 0 radical (unpaired) electrons. The molecule has 0 aromatic heterocycles. The van der Waals surface area contributed by atoms with Gasteiger partial charge < -0.3 is 10.4 Å². The Bertz CT molecular complexity index is 189. The van der Waals surface area contributed by atoms with Gasteiger partial charge >= 0.3 is 0 Å². The smallest absolute Gasteiger partial charge is 0.0832 e. The Morgan fingerprint density at radius 2 is 1.62 bits per heavy atom. The molecule has 13 heavy (non-hydrogen) atoms. The summed E-state index contributed by atoms with van der Waals surface area (Å²) in [5, 5.41) is 13.1. The molecule has 0 aliphatic carbocycles. The van der Waals surface area contributed by atoms with Gasteiger partial charge in [0.05, 0.1) is 6.10 Å². The Kier molecular flexibility index (Phi) is 1.86. The molecule has 3 saturated heterocycles. The van der Waals surface area contributed by atoms with E-state index in [1.807, 2.05) is 0 Å². The Hall–Kier alpha value is -0.120. The first-order valence-electron chi connectivity index (χ1n) is 5.52. The minimum absolute atomic E-state index is 0.124. The molecule has 3 aliphatic heterocycles. The maximum Gasteiger partial charge on any atom is 0.0832 e. The van der Waals surface area contributed by atoms with Crippen molar-refractivity contribution in [3.8, 4) is 0 Å². The van der Waals surface area contributed by atoms with Crippen LogP contribution in [0.4, 0.5) is 0 Å². The summed E-state index contributed by atoms with van der Waals surface area (Å²) in [6.45, 7) is 1.79. The fourth-order valence-corrected chi connectivity index (χ4v) is 3.45. The van der Waals surface area contributed by atoms with Crippen LogP contribution in [0.1, 0.15) is 25.7 Å². The predicted molar refractivity (Wildman–Crippen MR) is 50.5 cm³/mol. The van der Waals surface area contributed by atoms with Gasteiger partial charge in [0, 0.05) is 31.2 Å². The first-order valence-corrected chi connectivity index (χ1v) is 5.52. The molecule has 0 spiro atoms. The largest absolute Gasteiger partial charge is 0.390 e. The lowest BCUT2D eigenvalue weighted by Gasteiger charge is -2.30. The molecule has 2 atom stereocenters. The van der Waals surface area contributed by atoms with Crippen molar-refractivity contribution in [2.24, 2.45) is 0 Å². The van der Waals surface area contributed by atoms with Crippen LogP contribution < -0.4 is 5.32 Å². The van der Waals surface area contributed by atoms with Gasteiger partial charge in [-0.3, -0.25) is 4.90 Å². The molecule has 3 heteroatoms. The highest BCUT2D eigenvalue weighted by molar-refractivity contribution is 5.02.